The van der Waals surface area contributed by atoms with Crippen molar-refractivity contribution in [3.63, 3.8) is 0 Å². The zero-order valence-electron chi connectivity index (χ0n) is 15.4. The molecule has 0 aliphatic carbocycles. The largest absolute Gasteiger partial charge is 0.381 e. The number of likely N-dealkylation sites (tertiary alicyclic amines) is 2. The summed E-state index contributed by atoms with van der Waals surface area (Å²) in [6, 6.07) is 8.90. The molecule has 1 spiro atoms. The lowest BCUT2D eigenvalue weighted by Gasteiger charge is -2.39. The van der Waals surface area contributed by atoms with Gasteiger partial charge in [0.25, 0.3) is 0 Å². The third-order valence-electron chi connectivity index (χ3n) is 6.47. The summed E-state index contributed by atoms with van der Waals surface area (Å²) in [6.45, 7) is 8.81. The first-order valence-corrected chi connectivity index (χ1v) is 9.78. The predicted octanol–water partition coefficient (Wildman–Crippen LogP) is 2.85. The summed E-state index contributed by atoms with van der Waals surface area (Å²) in [4.78, 5) is 17.4. The number of carbonyl (C=O) groups excluding carboxylic acids is 1. The van der Waals surface area contributed by atoms with Crippen LogP contribution >= 0.6 is 0 Å². The molecule has 3 heterocycles. The molecule has 1 aromatic carbocycles. The van der Waals surface area contributed by atoms with E-state index < -0.39 is 0 Å². The number of amides is 1. The molecule has 136 valence electrons. The molecule has 1 aromatic rings. The van der Waals surface area contributed by atoms with E-state index in [-0.39, 0.29) is 5.92 Å². The number of nitrogens with zero attached hydrogens (tertiary/aromatic N) is 2. The van der Waals surface area contributed by atoms with Gasteiger partial charge in [0.2, 0.25) is 5.91 Å². The Labute approximate surface area is 151 Å². The summed E-state index contributed by atoms with van der Waals surface area (Å²) < 4.78 is 5.40. The number of rotatable bonds is 3. The summed E-state index contributed by atoms with van der Waals surface area (Å²) in [5.74, 6) is 0.466. The molecule has 25 heavy (non-hydrogen) atoms. The average Bonchev–Trinajstić information content (AvgIpc) is 3.29. The minimum absolute atomic E-state index is 0.122. The Morgan fingerprint density at radius 2 is 1.88 bits per heavy atom. The van der Waals surface area contributed by atoms with Crippen LogP contribution < -0.4 is 0 Å². The quantitative estimate of drug-likeness (QED) is 0.847. The molecule has 4 nitrogen and oxygen atoms in total. The van der Waals surface area contributed by atoms with E-state index in [0.29, 0.717) is 17.9 Å². The van der Waals surface area contributed by atoms with Crippen LogP contribution in [0.4, 0.5) is 0 Å². The van der Waals surface area contributed by atoms with Crippen molar-refractivity contribution in [1.82, 2.24) is 9.80 Å². The van der Waals surface area contributed by atoms with Crippen LogP contribution in [0, 0.1) is 18.3 Å². The first kappa shape index (κ1) is 17.0. The van der Waals surface area contributed by atoms with Gasteiger partial charge >= 0.3 is 0 Å². The number of carbonyl (C=O) groups is 1. The van der Waals surface area contributed by atoms with Gasteiger partial charge in [-0.05, 0) is 56.7 Å². The fourth-order valence-electron chi connectivity index (χ4n) is 4.66. The average molecular weight is 342 g/mol. The third kappa shape index (κ3) is 3.75. The van der Waals surface area contributed by atoms with Gasteiger partial charge in [-0.1, -0.05) is 29.8 Å². The number of hydrogen-bond acceptors (Lipinski definition) is 3. The van der Waals surface area contributed by atoms with E-state index in [4.69, 9.17) is 4.74 Å². The van der Waals surface area contributed by atoms with Crippen LogP contribution in [0.15, 0.2) is 24.3 Å². The highest BCUT2D eigenvalue weighted by Crippen LogP contribution is 2.41. The van der Waals surface area contributed by atoms with E-state index in [1.54, 1.807) is 0 Å². The predicted molar refractivity (Wildman–Crippen MR) is 98.2 cm³/mol. The van der Waals surface area contributed by atoms with Gasteiger partial charge in [-0.2, -0.15) is 0 Å². The van der Waals surface area contributed by atoms with Crippen molar-refractivity contribution < 1.29 is 9.53 Å². The van der Waals surface area contributed by atoms with E-state index in [1.165, 1.54) is 30.4 Å². The van der Waals surface area contributed by atoms with Crippen molar-refractivity contribution in [3.05, 3.63) is 35.4 Å². The Bertz CT molecular complexity index is 599. The molecule has 4 rings (SSSR count). The Hall–Kier alpha value is -1.39. The van der Waals surface area contributed by atoms with Gasteiger partial charge in [0.15, 0.2) is 0 Å². The molecular formula is C21H30N2O2. The molecule has 0 aromatic heterocycles. The van der Waals surface area contributed by atoms with Crippen LogP contribution in [0.3, 0.4) is 0 Å². The maximum Gasteiger partial charge on any atom is 0.228 e. The highest BCUT2D eigenvalue weighted by Gasteiger charge is 2.43. The number of aryl methyl sites for hydroxylation is 1. The van der Waals surface area contributed by atoms with Crippen molar-refractivity contribution in [2.75, 3.05) is 39.4 Å². The van der Waals surface area contributed by atoms with E-state index in [2.05, 4.69) is 41.0 Å². The summed E-state index contributed by atoms with van der Waals surface area (Å²) in [7, 11) is 0. The molecule has 1 atom stereocenters. The minimum atomic E-state index is 0.122. The highest BCUT2D eigenvalue weighted by molar-refractivity contribution is 5.79. The monoisotopic (exact) mass is 342 g/mol. The molecular weight excluding hydrogens is 312 g/mol. The van der Waals surface area contributed by atoms with E-state index >= 15 is 0 Å². The number of benzene rings is 1. The number of ether oxygens (including phenoxy) is 1. The summed E-state index contributed by atoms with van der Waals surface area (Å²) in [5.41, 5.74) is 3.11. The van der Waals surface area contributed by atoms with Crippen molar-refractivity contribution in [2.24, 2.45) is 11.3 Å². The van der Waals surface area contributed by atoms with Crippen LogP contribution in [-0.2, 0) is 16.1 Å². The molecule has 0 radical (unpaired) electrons. The minimum Gasteiger partial charge on any atom is -0.381 e. The van der Waals surface area contributed by atoms with Crippen molar-refractivity contribution in [1.29, 1.82) is 0 Å². The van der Waals surface area contributed by atoms with Gasteiger partial charge in [-0.15, -0.1) is 0 Å². The van der Waals surface area contributed by atoms with Crippen LogP contribution in [0.2, 0.25) is 0 Å². The maximum absolute atomic E-state index is 12.6. The molecule has 3 saturated heterocycles. The fourth-order valence-corrected chi connectivity index (χ4v) is 4.66. The SMILES string of the molecule is Cc1ccc(CN2CCC3(CC2)CCN(C(=O)C2CCOC2)C3)cc1. The van der Waals surface area contributed by atoms with E-state index in [0.717, 1.165) is 45.8 Å². The number of piperidine rings is 1. The van der Waals surface area contributed by atoms with Crippen molar-refractivity contribution in [3.8, 4) is 0 Å². The van der Waals surface area contributed by atoms with Gasteiger partial charge in [0.1, 0.15) is 0 Å². The lowest BCUT2D eigenvalue weighted by atomic mass is 9.77. The molecule has 3 fully saturated rings. The molecule has 0 bridgehead atoms. The smallest absolute Gasteiger partial charge is 0.228 e. The van der Waals surface area contributed by atoms with E-state index in [1.807, 2.05) is 0 Å². The molecule has 3 aliphatic rings. The first-order chi connectivity index (χ1) is 12.1. The van der Waals surface area contributed by atoms with Crippen molar-refractivity contribution >= 4 is 5.91 Å². The second-order valence-corrected chi connectivity index (χ2v) is 8.33. The van der Waals surface area contributed by atoms with Crippen molar-refractivity contribution in [2.45, 2.75) is 39.2 Å². The van der Waals surface area contributed by atoms with E-state index in [9.17, 15) is 4.79 Å². The summed E-state index contributed by atoms with van der Waals surface area (Å²) >= 11 is 0. The second kappa shape index (κ2) is 7.08. The maximum atomic E-state index is 12.6. The van der Waals surface area contributed by atoms with Gasteiger partial charge in [-0.25, -0.2) is 0 Å². The van der Waals surface area contributed by atoms with Gasteiger partial charge in [0.05, 0.1) is 12.5 Å². The number of hydrogen-bond donors (Lipinski definition) is 0. The van der Waals surface area contributed by atoms with Gasteiger partial charge in [-0.3, -0.25) is 9.69 Å². The Balaban J connectivity index is 1.29. The Morgan fingerprint density at radius 1 is 1.16 bits per heavy atom. The molecule has 0 saturated carbocycles. The van der Waals surface area contributed by atoms with Crippen LogP contribution in [0.1, 0.15) is 36.8 Å². The zero-order valence-corrected chi connectivity index (χ0v) is 15.4. The first-order valence-electron chi connectivity index (χ1n) is 9.78. The summed E-state index contributed by atoms with van der Waals surface area (Å²) in [6.07, 6.45) is 4.55. The van der Waals surface area contributed by atoms with Crippen LogP contribution in [0.5, 0.6) is 0 Å². The van der Waals surface area contributed by atoms with Gasteiger partial charge in [0, 0.05) is 26.2 Å². The second-order valence-electron chi connectivity index (χ2n) is 8.33. The van der Waals surface area contributed by atoms with Crippen LogP contribution in [-0.4, -0.2) is 55.1 Å². The lowest BCUT2D eigenvalue weighted by molar-refractivity contribution is -0.135. The third-order valence-corrected chi connectivity index (χ3v) is 6.47. The zero-order chi connectivity index (χ0) is 17.3. The van der Waals surface area contributed by atoms with Crippen LogP contribution in [0.25, 0.3) is 0 Å². The molecule has 0 N–H and O–H groups in total. The van der Waals surface area contributed by atoms with Gasteiger partial charge < -0.3 is 9.64 Å². The Morgan fingerprint density at radius 3 is 2.56 bits per heavy atom. The summed E-state index contributed by atoms with van der Waals surface area (Å²) in [5, 5.41) is 0. The lowest BCUT2D eigenvalue weighted by Crippen LogP contribution is -2.42. The normalized spacial score (nSPS) is 26.4. The molecule has 1 amide bonds. The molecule has 3 aliphatic heterocycles. The highest BCUT2D eigenvalue weighted by atomic mass is 16.5. The topological polar surface area (TPSA) is 32.8 Å². The Kier molecular flexibility index (Phi) is 4.83. The molecule has 4 heteroatoms. The fraction of sp³-hybridized carbons (Fsp3) is 0.667. The standard InChI is InChI=1S/C21H30N2O2/c1-17-2-4-18(5-3-17)14-22-10-7-21(8-11-22)9-12-23(16-21)20(24)19-6-13-25-15-19/h2-5,19H,6-16H2,1H3. The molecule has 1 unspecified atom stereocenters.